The van der Waals surface area contributed by atoms with Gasteiger partial charge in [-0.1, -0.05) is 91.2 Å². The number of ketones is 1. The number of thioether (sulfide) groups is 1. The monoisotopic (exact) mass is 697 g/mol. The van der Waals surface area contributed by atoms with Crippen LogP contribution in [0.5, 0.6) is 11.5 Å². The Hall–Kier alpha value is -3.57. The highest BCUT2D eigenvalue weighted by atomic mass is 35.5. The van der Waals surface area contributed by atoms with E-state index in [1.807, 2.05) is 13.0 Å². The Labute approximate surface area is 286 Å². The fourth-order valence-electron chi connectivity index (χ4n) is 4.85. The number of aliphatic hydroxyl groups excluding tert-OH is 1. The third kappa shape index (κ3) is 7.86. The Kier molecular flexibility index (Phi) is 11.6. The van der Waals surface area contributed by atoms with Crippen molar-refractivity contribution in [3.8, 4) is 11.5 Å². The Morgan fingerprint density at radius 3 is 2.28 bits per heavy atom. The van der Waals surface area contributed by atoms with Gasteiger partial charge in [0.25, 0.3) is 5.78 Å². The van der Waals surface area contributed by atoms with Crippen molar-refractivity contribution < 1.29 is 24.2 Å². The fraction of sp³-hybridized carbons (Fsp3) is 0.294. The Morgan fingerprint density at radius 2 is 1.61 bits per heavy atom. The number of unbranched alkanes of at least 4 members (excludes halogenated alkanes) is 2. The number of nitrogens with zero attached hydrogens (tertiary/aromatic N) is 3. The SMILES string of the molecule is CCCCCOc1ccc(C2/C(=C(/O)c3ccc(OCCC)cc3)C(=O)C(=O)N2c2nnc(SCc3ccc(Cl)cc3Cl)s2)cc1. The van der Waals surface area contributed by atoms with Gasteiger partial charge >= 0.3 is 5.91 Å². The molecule has 1 aliphatic rings. The number of hydrogen-bond donors (Lipinski definition) is 1. The Bertz CT molecular complexity index is 1710. The number of amides is 1. The van der Waals surface area contributed by atoms with Gasteiger partial charge in [0.15, 0.2) is 4.34 Å². The standard InChI is InChI=1S/C34H33Cl2N3O5S2/c1-3-5-6-18-44-26-13-8-21(9-14-26)29-28(30(40)22-10-15-25(16-11-22)43-17-4-2)31(41)32(42)39(29)33-37-38-34(46-33)45-20-23-7-12-24(35)19-27(23)36/h7-16,19,29,40H,3-6,17-18,20H2,1-2H3/b30-28-. The van der Waals surface area contributed by atoms with Gasteiger partial charge in [-0.05, 0) is 72.5 Å². The van der Waals surface area contributed by atoms with Gasteiger partial charge in [0, 0.05) is 21.4 Å². The number of aromatic nitrogens is 2. The summed E-state index contributed by atoms with van der Waals surface area (Å²) in [6.45, 7) is 5.30. The highest BCUT2D eigenvalue weighted by Gasteiger charge is 2.48. The van der Waals surface area contributed by atoms with E-state index < -0.39 is 17.7 Å². The maximum atomic E-state index is 13.6. The normalized spacial score (nSPS) is 15.8. The van der Waals surface area contributed by atoms with Gasteiger partial charge in [0.2, 0.25) is 5.13 Å². The molecule has 1 aromatic heterocycles. The highest BCUT2D eigenvalue weighted by Crippen LogP contribution is 2.44. The molecule has 1 saturated heterocycles. The van der Waals surface area contributed by atoms with E-state index in [-0.39, 0.29) is 16.5 Å². The molecule has 46 heavy (non-hydrogen) atoms. The van der Waals surface area contributed by atoms with Gasteiger partial charge in [-0.3, -0.25) is 14.5 Å². The van der Waals surface area contributed by atoms with Crippen LogP contribution in [0.1, 0.15) is 62.3 Å². The summed E-state index contributed by atoms with van der Waals surface area (Å²) < 4.78 is 12.1. The predicted molar refractivity (Wildman–Crippen MR) is 184 cm³/mol. The summed E-state index contributed by atoms with van der Waals surface area (Å²) in [5, 5.41) is 21.4. The Balaban J connectivity index is 1.47. The number of ether oxygens (including phenoxy) is 2. The number of carbonyl (C=O) groups excluding carboxylic acids is 2. The number of rotatable bonds is 14. The Morgan fingerprint density at radius 1 is 0.913 bits per heavy atom. The molecule has 3 aromatic carbocycles. The summed E-state index contributed by atoms with van der Waals surface area (Å²) in [5.41, 5.74) is 1.83. The molecule has 1 N–H and O–H groups in total. The zero-order valence-electron chi connectivity index (χ0n) is 25.4. The zero-order valence-corrected chi connectivity index (χ0v) is 28.5. The maximum Gasteiger partial charge on any atom is 0.301 e. The fourth-order valence-corrected chi connectivity index (χ4v) is 7.28. The lowest BCUT2D eigenvalue weighted by molar-refractivity contribution is -0.132. The smallest absolute Gasteiger partial charge is 0.301 e. The molecule has 5 rings (SSSR count). The molecule has 8 nitrogen and oxygen atoms in total. The van der Waals surface area contributed by atoms with Crippen molar-refractivity contribution in [1.29, 1.82) is 0 Å². The van der Waals surface area contributed by atoms with E-state index >= 15 is 0 Å². The maximum absolute atomic E-state index is 13.6. The number of benzene rings is 3. The minimum Gasteiger partial charge on any atom is -0.507 e. The lowest BCUT2D eigenvalue weighted by Crippen LogP contribution is -2.29. The minimum atomic E-state index is -0.943. The predicted octanol–water partition coefficient (Wildman–Crippen LogP) is 9.12. The van der Waals surface area contributed by atoms with Crippen LogP contribution in [0.25, 0.3) is 5.76 Å². The molecule has 240 valence electrons. The lowest BCUT2D eigenvalue weighted by atomic mass is 9.95. The van der Waals surface area contributed by atoms with E-state index in [2.05, 4.69) is 17.1 Å². The quantitative estimate of drug-likeness (QED) is 0.0348. The topological polar surface area (TPSA) is 102 Å². The highest BCUT2D eigenvalue weighted by molar-refractivity contribution is 8.00. The van der Waals surface area contributed by atoms with Crippen molar-refractivity contribution in [2.45, 2.75) is 55.7 Å². The van der Waals surface area contributed by atoms with Crippen LogP contribution in [0.2, 0.25) is 10.0 Å². The van der Waals surface area contributed by atoms with Gasteiger partial charge in [-0.2, -0.15) is 0 Å². The van der Waals surface area contributed by atoms with E-state index in [1.54, 1.807) is 60.7 Å². The van der Waals surface area contributed by atoms with Crippen LogP contribution >= 0.6 is 46.3 Å². The lowest BCUT2D eigenvalue weighted by Gasteiger charge is -2.22. The first kappa shape index (κ1) is 33.8. The van der Waals surface area contributed by atoms with Gasteiger partial charge in [-0.25, -0.2) is 0 Å². The minimum absolute atomic E-state index is 0.0406. The molecular weight excluding hydrogens is 665 g/mol. The molecule has 0 spiro atoms. The van der Waals surface area contributed by atoms with Crippen molar-refractivity contribution in [2.24, 2.45) is 0 Å². The van der Waals surface area contributed by atoms with Crippen molar-refractivity contribution >= 4 is 68.9 Å². The zero-order chi connectivity index (χ0) is 32.6. The molecule has 0 aliphatic carbocycles. The molecule has 0 saturated carbocycles. The van der Waals surface area contributed by atoms with Crippen molar-refractivity contribution in [2.75, 3.05) is 18.1 Å². The van der Waals surface area contributed by atoms with Crippen LogP contribution in [-0.2, 0) is 15.3 Å². The van der Waals surface area contributed by atoms with Crippen LogP contribution in [0.15, 0.2) is 76.6 Å². The molecule has 1 fully saturated rings. The third-order valence-corrected chi connectivity index (χ3v) is 9.92. The van der Waals surface area contributed by atoms with Gasteiger partial charge in [0.1, 0.15) is 17.3 Å². The number of aliphatic hydroxyl groups is 1. The molecule has 12 heteroatoms. The van der Waals surface area contributed by atoms with Crippen LogP contribution in [0.4, 0.5) is 5.13 Å². The van der Waals surface area contributed by atoms with Crippen molar-refractivity contribution in [3.05, 3.63) is 99.0 Å². The van der Waals surface area contributed by atoms with E-state index in [1.165, 1.54) is 28.0 Å². The summed E-state index contributed by atoms with van der Waals surface area (Å²) in [5.74, 6) is -0.0818. The van der Waals surface area contributed by atoms with Crippen molar-refractivity contribution in [1.82, 2.24) is 10.2 Å². The van der Waals surface area contributed by atoms with Gasteiger partial charge in [0.05, 0.1) is 24.8 Å². The van der Waals surface area contributed by atoms with Gasteiger partial charge < -0.3 is 14.6 Å². The second-order valence-corrected chi connectivity index (χ2v) is 13.6. The summed E-state index contributed by atoms with van der Waals surface area (Å²) >= 11 is 15.0. The molecule has 1 atom stereocenters. The first-order chi connectivity index (χ1) is 22.3. The third-order valence-electron chi connectivity index (χ3n) is 7.23. The first-order valence-electron chi connectivity index (χ1n) is 15.0. The van der Waals surface area contributed by atoms with Crippen LogP contribution < -0.4 is 14.4 Å². The van der Waals surface area contributed by atoms with E-state index in [4.69, 9.17) is 32.7 Å². The van der Waals surface area contributed by atoms with Gasteiger partial charge in [-0.15, -0.1) is 10.2 Å². The molecule has 0 radical (unpaired) electrons. The van der Waals surface area contributed by atoms with E-state index in [0.717, 1.165) is 31.2 Å². The second kappa shape index (κ2) is 15.8. The first-order valence-corrected chi connectivity index (χ1v) is 17.5. The van der Waals surface area contributed by atoms with Crippen LogP contribution in [0.3, 0.4) is 0 Å². The van der Waals surface area contributed by atoms with E-state index in [0.29, 0.717) is 56.0 Å². The van der Waals surface area contributed by atoms with Crippen molar-refractivity contribution in [3.63, 3.8) is 0 Å². The van der Waals surface area contributed by atoms with Crippen LogP contribution in [-0.4, -0.2) is 40.2 Å². The molecule has 4 aromatic rings. The number of carbonyl (C=O) groups is 2. The number of anilines is 1. The second-order valence-electron chi connectivity index (χ2n) is 10.5. The summed E-state index contributed by atoms with van der Waals surface area (Å²) in [6.07, 6.45) is 3.97. The van der Waals surface area contributed by atoms with Crippen LogP contribution in [0, 0.1) is 0 Å². The molecule has 0 bridgehead atoms. The average Bonchev–Trinajstić information content (AvgIpc) is 3.63. The largest absolute Gasteiger partial charge is 0.507 e. The van der Waals surface area contributed by atoms with E-state index in [9.17, 15) is 14.7 Å². The summed E-state index contributed by atoms with van der Waals surface area (Å²) in [6, 6.07) is 18.3. The molecule has 1 aliphatic heterocycles. The molecular formula is C34H33Cl2N3O5S2. The average molecular weight is 699 g/mol. The number of Topliss-reactive ketones (excluding diaryl/α,β-unsaturated/α-hetero) is 1. The number of halogens is 2. The molecule has 1 unspecified atom stereocenters. The molecule has 1 amide bonds. The summed E-state index contributed by atoms with van der Waals surface area (Å²) in [4.78, 5) is 28.6. The summed E-state index contributed by atoms with van der Waals surface area (Å²) in [7, 11) is 0. The number of hydrogen-bond acceptors (Lipinski definition) is 9. The molecule has 2 heterocycles.